The maximum atomic E-state index is 13.5. The molecule has 1 unspecified atom stereocenters. The van der Waals surface area contributed by atoms with E-state index in [2.05, 4.69) is 0 Å². The Bertz CT molecular complexity index is 566. The summed E-state index contributed by atoms with van der Waals surface area (Å²) in [6.07, 6.45) is 0. The molecule has 0 fully saturated rings. The lowest BCUT2D eigenvalue weighted by molar-refractivity contribution is 0.487. The summed E-state index contributed by atoms with van der Waals surface area (Å²) in [4.78, 5) is 0. The summed E-state index contributed by atoms with van der Waals surface area (Å²) in [5, 5.41) is 0. The molecule has 0 heterocycles. The molecule has 5 heteroatoms. The first-order valence-corrected chi connectivity index (χ1v) is 5.14. The fraction of sp³-hybridized carbons (Fsp3) is 0.0769. The average molecular weight is 255 g/mol. The Morgan fingerprint density at radius 1 is 0.778 bits per heavy atom. The van der Waals surface area contributed by atoms with Gasteiger partial charge in [0.15, 0.2) is 11.6 Å². The third-order valence-corrected chi connectivity index (χ3v) is 2.60. The quantitative estimate of drug-likeness (QED) is 0.646. The Kier molecular flexibility index (Phi) is 3.34. The topological polar surface area (TPSA) is 26.0 Å². The van der Waals surface area contributed by atoms with Crippen LogP contribution < -0.4 is 5.73 Å². The zero-order chi connectivity index (χ0) is 13.3. The van der Waals surface area contributed by atoms with Crippen molar-refractivity contribution in [3.05, 3.63) is 70.8 Å². The van der Waals surface area contributed by atoms with E-state index >= 15 is 0 Å². The third-order valence-electron chi connectivity index (χ3n) is 2.60. The van der Waals surface area contributed by atoms with Gasteiger partial charge in [-0.15, -0.1) is 0 Å². The predicted molar refractivity (Wildman–Crippen MR) is 58.7 cm³/mol. The summed E-state index contributed by atoms with van der Waals surface area (Å²) >= 11 is 0. The van der Waals surface area contributed by atoms with Crippen molar-refractivity contribution in [1.82, 2.24) is 0 Å². The van der Waals surface area contributed by atoms with Gasteiger partial charge in [0.1, 0.15) is 11.6 Å². The molecular weight excluding hydrogens is 246 g/mol. The van der Waals surface area contributed by atoms with Crippen molar-refractivity contribution in [3.63, 3.8) is 0 Å². The highest BCUT2D eigenvalue weighted by Gasteiger charge is 2.17. The molecule has 0 saturated carbocycles. The van der Waals surface area contributed by atoms with Gasteiger partial charge in [0.2, 0.25) is 0 Å². The van der Waals surface area contributed by atoms with Gasteiger partial charge in [0.25, 0.3) is 0 Å². The highest BCUT2D eigenvalue weighted by molar-refractivity contribution is 5.33. The normalized spacial score (nSPS) is 12.5. The van der Waals surface area contributed by atoms with Gasteiger partial charge in [-0.25, -0.2) is 17.6 Å². The van der Waals surface area contributed by atoms with Crippen LogP contribution >= 0.6 is 0 Å². The maximum absolute atomic E-state index is 13.5. The first kappa shape index (κ1) is 12.6. The molecule has 0 aliphatic carbocycles. The zero-order valence-electron chi connectivity index (χ0n) is 9.13. The van der Waals surface area contributed by atoms with Crippen LogP contribution in [0, 0.1) is 23.3 Å². The lowest BCUT2D eigenvalue weighted by Gasteiger charge is -2.13. The second-order valence-electron chi connectivity index (χ2n) is 3.82. The summed E-state index contributed by atoms with van der Waals surface area (Å²) in [6, 6.07) is 5.20. The summed E-state index contributed by atoms with van der Waals surface area (Å²) in [6.45, 7) is 0. The Morgan fingerprint density at radius 3 is 1.94 bits per heavy atom. The van der Waals surface area contributed by atoms with Crippen molar-refractivity contribution >= 4 is 0 Å². The number of halogens is 4. The Morgan fingerprint density at radius 2 is 1.33 bits per heavy atom. The van der Waals surface area contributed by atoms with Crippen molar-refractivity contribution in [3.8, 4) is 0 Å². The van der Waals surface area contributed by atoms with Crippen molar-refractivity contribution < 1.29 is 17.6 Å². The SMILES string of the molecule is NC(c1ccc(F)cc1)c1cc(F)c(F)cc1F. The highest BCUT2D eigenvalue weighted by Crippen LogP contribution is 2.24. The van der Waals surface area contributed by atoms with Crippen molar-refractivity contribution in [2.45, 2.75) is 6.04 Å². The van der Waals surface area contributed by atoms with E-state index in [1.165, 1.54) is 12.1 Å². The molecule has 2 aromatic rings. The smallest absolute Gasteiger partial charge is 0.161 e. The standard InChI is InChI=1S/C13H9F4N/c14-8-3-1-7(2-4-8)13(18)9-5-11(16)12(17)6-10(9)15/h1-6,13H,18H2. The predicted octanol–water partition coefficient (Wildman–Crippen LogP) is 3.29. The zero-order valence-corrected chi connectivity index (χ0v) is 9.13. The van der Waals surface area contributed by atoms with Crippen LogP contribution in [0.25, 0.3) is 0 Å². The number of nitrogens with two attached hydrogens (primary N) is 1. The van der Waals surface area contributed by atoms with E-state index in [9.17, 15) is 17.6 Å². The lowest BCUT2D eigenvalue weighted by atomic mass is 9.99. The van der Waals surface area contributed by atoms with Crippen LogP contribution in [-0.2, 0) is 0 Å². The van der Waals surface area contributed by atoms with Crippen molar-refractivity contribution in [2.75, 3.05) is 0 Å². The van der Waals surface area contributed by atoms with E-state index in [-0.39, 0.29) is 5.56 Å². The average Bonchev–Trinajstić information content (AvgIpc) is 2.34. The highest BCUT2D eigenvalue weighted by atomic mass is 19.2. The number of hydrogen-bond donors (Lipinski definition) is 1. The maximum Gasteiger partial charge on any atom is 0.161 e. The molecule has 0 aliphatic heterocycles. The molecule has 2 N–H and O–H groups in total. The van der Waals surface area contributed by atoms with Crippen LogP contribution in [0.3, 0.4) is 0 Å². The fourth-order valence-corrected chi connectivity index (χ4v) is 1.63. The summed E-state index contributed by atoms with van der Waals surface area (Å²) in [5.41, 5.74) is 5.96. The fourth-order valence-electron chi connectivity index (χ4n) is 1.63. The Hall–Kier alpha value is -1.88. The molecule has 2 aromatic carbocycles. The molecule has 2 rings (SSSR count). The van der Waals surface area contributed by atoms with Crippen LogP contribution in [0.2, 0.25) is 0 Å². The summed E-state index contributed by atoms with van der Waals surface area (Å²) < 4.78 is 52.0. The van der Waals surface area contributed by atoms with Gasteiger partial charge < -0.3 is 5.73 Å². The first-order valence-electron chi connectivity index (χ1n) is 5.14. The van der Waals surface area contributed by atoms with Crippen LogP contribution in [0.15, 0.2) is 36.4 Å². The lowest BCUT2D eigenvalue weighted by Crippen LogP contribution is -2.14. The van der Waals surface area contributed by atoms with Crippen LogP contribution in [-0.4, -0.2) is 0 Å². The number of hydrogen-bond acceptors (Lipinski definition) is 1. The minimum Gasteiger partial charge on any atom is -0.320 e. The molecule has 94 valence electrons. The third kappa shape index (κ3) is 2.36. The van der Waals surface area contributed by atoms with E-state index in [0.717, 1.165) is 12.1 Å². The molecule has 0 bridgehead atoms. The van der Waals surface area contributed by atoms with Gasteiger partial charge in [0, 0.05) is 11.6 Å². The largest absolute Gasteiger partial charge is 0.320 e. The minimum atomic E-state index is -1.28. The van der Waals surface area contributed by atoms with E-state index in [1.54, 1.807) is 0 Å². The monoisotopic (exact) mass is 255 g/mol. The van der Waals surface area contributed by atoms with Gasteiger partial charge in [-0.3, -0.25) is 0 Å². The van der Waals surface area contributed by atoms with Gasteiger partial charge >= 0.3 is 0 Å². The Balaban J connectivity index is 2.42. The van der Waals surface area contributed by atoms with Gasteiger partial charge in [0.05, 0.1) is 6.04 Å². The second-order valence-corrected chi connectivity index (χ2v) is 3.82. The molecule has 18 heavy (non-hydrogen) atoms. The molecule has 0 saturated heterocycles. The van der Waals surface area contributed by atoms with Crippen molar-refractivity contribution in [2.24, 2.45) is 5.73 Å². The minimum absolute atomic E-state index is 0.180. The summed E-state index contributed by atoms with van der Waals surface area (Å²) in [5.74, 6) is -3.85. The molecule has 0 aromatic heterocycles. The molecular formula is C13H9F4N. The number of rotatable bonds is 2. The van der Waals surface area contributed by atoms with Gasteiger partial charge in [-0.2, -0.15) is 0 Å². The summed E-state index contributed by atoms with van der Waals surface area (Å²) in [7, 11) is 0. The van der Waals surface area contributed by atoms with E-state index < -0.39 is 29.3 Å². The second kappa shape index (κ2) is 4.78. The molecule has 0 spiro atoms. The van der Waals surface area contributed by atoms with Crippen LogP contribution in [0.5, 0.6) is 0 Å². The van der Waals surface area contributed by atoms with Gasteiger partial charge in [-0.05, 0) is 23.8 Å². The molecule has 0 radical (unpaired) electrons. The van der Waals surface area contributed by atoms with Crippen molar-refractivity contribution in [1.29, 1.82) is 0 Å². The van der Waals surface area contributed by atoms with Gasteiger partial charge in [-0.1, -0.05) is 12.1 Å². The van der Waals surface area contributed by atoms with E-state index in [1.807, 2.05) is 0 Å². The number of benzene rings is 2. The molecule has 0 aliphatic rings. The molecule has 1 atom stereocenters. The molecule has 0 amide bonds. The first-order chi connectivity index (χ1) is 8.49. The molecule has 1 nitrogen and oxygen atoms in total. The van der Waals surface area contributed by atoms with E-state index in [0.29, 0.717) is 17.7 Å². The van der Waals surface area contributed by atoms with Crippen LogP contribution in [0.1, 0.15) is 17.2 Å². The van der Waals surface area contributed by atoms with Crippen LogP contribution in [0.4, 0.5) is 17.6 Å². The Labute approximate surface area is 101 Å². The van der Waals surface area contributed by atoms with E-state index in [4.69, 9.17) is 5.73 Å².